The predicted molar refractivity (Wildman–Crippen MR) is 80.2 cm³/mol. The van der Waals surface area contributed by atoms with Crippen LogP contribution in [0, 0.1) is 5.92 Å². The Hall–Kier alpha value is -0.980. The molecule has 0 bridgehead atoms. The van der Waals surface area contributed by atoms with Gasteiger partial charge in [0.2, 0.25) is 5.91 Å². The summed E-state index contributed by atoms with van der Waals surface area (Å²) in [5.41, 5.74) is 7.01. The standard InChI is InChI=1S/C13H24N4OS/c1-9(2)12(14)5-6-17(4)7-11-8-19-13(16-11)15-10(3)18/h8-9,12H,5-7,14H2,1-4H3,(H,15,16,18). The van der Waals surface area contributed by atoms with Crippen molar-refractivity contribution < 1.29 is 4.79 Å². The Labute approximate surface area is 119 Å². The van der Waals surface area contributed by atoms with Gasteiger partial charge < -0.3 is 16.0 Å². The molecule has 1 rings (SSSR count). The van der Waals surface area contributed by atoms with Crippen LogP contribution in [0.4, 0.5) is 5.13 Å². The Kier molecular flexibility index (Phi) is 6.41. The third-order valence-corrected chi connectivity index (χ3v) is 3.77. The number of amides is 1. The predicted octanol–water partition coefficient (Wildman–Crippen LogP) is 1.91. The molecule has 1 heterocycles. The lowest BCUT2D eigenvalue weighted by Gasteiger charge is -2.20. The first-order valence-corrected chi connectivity index (χ1v) is 7.42. The van der Waals surface area contributed by atoms with Gasteiger partial charge in [0.25, 0.3) is 0 Å². The van der Waals surface area contributed by atoms with E-state index < -0.39 is 0 Å². The molecule has 0 saturated heterocycles. The molecule has 5 nitrogen and oxygen atoms in total. The lowest BCUT2D eigenvalue weighted by Crippen LogP contribution is -2.31. The van der Waals surface area contributed by atoms with E-state index in [4.69, 9.17) is 5.73 Å². The summed E-state index contributed by atoms with van der Waals surface area (Å²) < 4.78 is 0. The molecule has 0 aliphatic rings. The van der Waals surface area contributed by atoms with E-state index in [9.17, 15) is 4.79 Å². The first-order valence-electron chi connectivity index (χ1n) is 6.54. The first-order chi connectivity index (χ1) is 8.88. The third-order valence-electron chi connectivity index (χ3n) is 2.97. The molecular weight excluding hydrogens is 260 g/mol. The van der Waals surface area contributed by atoms with Gasteiger partial charge in [-0.05, 0) is 25.9 Å². The van der Waals surface area contributed by atoms with Crippen LogP contribution in [0.5, 0.6) is 0 Å². The number of hydrogen-bond donors (Lipinski definition) is 2. The topological polar surface area (TPSA) is 71.2 Å². The Bertz CT molecular complexity index is 405. The van der Waals surface area contributed by atoms with E-state index in [1.807, 2.05) is 5.38 Å². The molecule has 0 aliphatic carbocycles. The zero-order chi connectivity index (χ0) is 14.4. The quantitative estimate of drug-likeness (QED) is 0.802. The molecule has 108 valence electrons. The molecule has 1 aromatic heterocycles. The zero-order valence-corrected chi connectivity index (χ0v) is 13.0. The molecule has 1 aromatic rings. The van der Waals surface area contributed by atoms with Crippen molar-refractivity contribution in [3.05, 3.63) is 11.1 Å². The second-order valence-corrected chi connectivity index (χ2v) is 6.12. The Morgan fingerprint density at radius 2 is 2.26 bits per heavy atom. The molecule has 1 atom stereocenters. The molecule has 0 radical (unpaired) electrons. The summed E-state index contributed by atoms with van der Waals surface area (Å²) in [6.45, 7) is 7.50. The maximum atomic E-state index is 10.9. The van der Waals surface area contributed by atoms with E-state index in [0.29, 0.717) is 11.0 Å². The van der Waals surface area contributed by atoms with E-state index >= 15 is 0 Å². The highest BCUT2D eigenvalue weighted by molar-refractivity contribution is 7.13. The van der Waals surface area contributed by atoms with E-state index in [-0.39, 0.29) is 11.9 Å². The molecule has 0 aliphatic heterocycles. The van der Waals surface area contributed by atoms with Crippen LogP contribution in [0.1, 0.15) is 32.9 Å². The fraction of sp³-hybridized carbons (Fsp3) is 0.692. The van der Waals surface area contributed by atoms with Crippen LogP contribution >= 0.6 is 11.3 Å². The number of nitrogens with two attached hydrogens (primary N) is 1. The lowest BCUT2D eigenvalue weighted by atomic mass is 10.0. The van der Waals surface area contributed by atoms with Crippen molar-refractivity contribution in [2.75, 3.05) is 18.9 Å². The van der Waals surface area contributed by atoms with Gasteiger partial charge in [0.05, 0.1) is 5.69 Å². The highest BCUT2D eigenvalue weighted by Gasteiger charge is 2.10. The van der Waals surface area contributed by atoms with E-state index in [1.54, 1.807) is 0 Å². The van der Waals surface area contributed by atoms with Crippen LogP contribution in [0.2, 0.25) is 0 Å². The molecule has 1 amide bonds. The Balaban J connectivity index is 2.37. The average molecular weight is 284 g/mol. The summed E-state index contributed by atoms with van der Waals surface area (Å²) in [5.74, 6) is 0.427. The van der Waals surface area contributed by atoms with Gasteiger partial charge in [-0.25, -0.2) is 4.98 Å². The maximum absolute atomic E-state index is 10.9. The molecule has 1 unspecified atom stereocenters. The number of rotatable bonds is 7. The highest BCUT2D eigenvalue weighted by atomic mass is 32.1. The highest BCUT2D eigenvalue weighted by Crippen LogP contribution is 2.16. The van der Waals surface area contributed by atoms with Crippen LogP contribution < -0.4 is 11.1 Å². The number of aromatic nitrogens is 1. The smallest absolute Gasteiger partial charge is 0.223 e. The van der Waals surface area contributed by atoms with Gasteiger partial charge in [0.15, 0.2) is 5.13 Å². The zero-order valence-electron chi connectivity index (χ0n) is 12.1. The second kappa shape index (κ2) is 7.57. The van der Waals surface area contributed by atoms with Crippen molar-refractivity contribution in [3.8, 4) is 0 Å². The van der Waals surface area contributed by atoms with Gasteiger partial charge in [0, 0.05) is 24.9 Å². The van der Waals surface area contributed by atoms with Gasteiger partial charge in [-0.3, -0.25) is 4.79 Å². The molecule has 0 aromatic carbocycles. The average Bonchev–Trinajstić information content (AvgIpc) is 2.72. The number of thiazole rings is 1. The lowest BCUT2D eigenvalue weighted by molar-refractivity contribution is -0.114. The minimum Gasteiger partial charge on any atom is -0.327 e. The largest absolute Gasteiger partial charge is 0.327 e. The first kappa shape index (κ1) is 16.1. The molecular formula is C13H24N4OS. The van der Waals surface area contributed by atoms with Gasteiger partial charge in [-0.1, -0.05) is 13.8 Å². The SMILES string of the molecule is CC(=O)Nc1nc(CN(C)CCC(N)C(C)C)cs1. The van der Waals surface area contributed by atoms with Crippen LogP contribution in [-0.4, -0.2) is 35.4 Å². The van der Waals surface area contributed by atoms with Crippen molar-refractivity contribution in [1.29, 1.82) is 0 Å². The van der Waals surface area contributed by atoms with Crippen molar-refractivity contribution in [2.45, 2.75) is 39.8 Å². The number of hydrogen-bond acceptors (Lipinski definition) is 5. The fourth-order valence-corrected chi connectivity index (χ4v) is 2.39. The number of carbonyl (C=O) groups is 1. The van der Waals surface area contributed by atoms with Crippen molar-refractivity contribution in [1.82, 2.24) is 9.88 Å². The van der Waals surface area contributed by atoms with Crippen LogP contribution in [0.15, 0.2) is 5.38 Å². The summed E-state index contributed by atoms with van der Waals surface area (Å²) in [6.07, 6.45) is 0.983. The van der Waals surface area contributed by atoms with E-state index in [0.717, 1.165) is 25.2 Å². The van der Waals surface area contributed by atoms with Crippen LogP contribution in [-0.2, 0) is 11.3 Å². The Morgan fingerprint density at radius 1 is 1.58 bits per heavy atom. The molecule has 0 saturated carbocycles. The maximum Gasteiger partial charge on any atom is 0.223 e. The minimum atomic E-state index is -0.0860. The molecule has 19 heavy (non-hydrogen) atoms. The van der Waals surface area contributed by atoms with Crippen LogP contribution in [0.25, 0.3) is 0 Å². The third kappa shape index (κ3) is 6.13. The minimum absolute atomic E-state index is 0.0860. The van der Waals surface area contributed by atoms with Gasteiger partial charge in [-0.2, -0.15) is 0 Å². The number of carbonyl (C=O) groups excluding carboxylic acids is 1. The summed E-state index contributed by atoms with van der Waals surface area (Å²) >= 11 is 1.45. The fourth-order valence-electron chi connectivity index (χ4n) is 1.65. The molecule has 3 N–H and O–H groups in total. The van der Waals surface area contributed by atoms with Crippen molar-refractivity contribution >= 4 is 22.4 Å². The molecule has 0 fully saturated rings. The molecule has 0 spiro atoms. The Morgan fingerprint density at radius 3 is 2.84 bits per heavy atom. The van der Waals surface area contributed by atoms with Gasteiger partial charge in [0.1, 0.15) is 0 Å². The van der Waals surface area contributed by atoms with E-state index in [2.05, 4.69) is 36.1 Å². The van der Waals surface area contributed by atoms with Gasteiger partial charge in [-0.15, -0.1) is 11.3 Å². The normalized spacial score (nSPS) is 13.0. The number of nitrogens with one attached hydrogen (secondary N) is 1. The summed E-state index contributed by atoms with van der Waals surface area (Å²) in [6, 6.07) is 0.243. The van der Waals surface area contributed by atoms with Crippen LogP contribution in [0.3, 0.4) is 0 Å². The van der Waals surface area contributed by atoms with Crippen molar-refractivity contribution in [3.63, 3.8) is 0 Å². The second-order valence-electron chi connectivity index (χ2n) is 5.26. The van der Waals surface area contributed by atoms with Crippen molar-refractivity contribution in [2.24, 2.45) is 11.7 Å². The number of nitrogens with zero attached hydrogens (tertiary/aromatic N) is 2. The van der Waals surface area contributed by atoms with Gasteiger partial charge >= 0.3 is 0 Å². The monoisotopic (exact) mass is 284 g/mol. The molecule has 6 heteroatoms. The van der Waals surface area contributed by atoms with E-state index in [1.165, 1.54) is 18.3 Å². The summed E-state index contributed by atoms with van der Waals surface area (Å²) in [4.78, 5) is 17.5. The summed E-state index contributed by atoms with van der Waals surface area (Å²) in [7, 11) is 2.06. The number of anilines is 1. The summed E-state index contributed by atoms with van der Waals surface area (Å²) in [5, 5.41) is 5.33.